The molecule has 1 aliphatic rings. The van der Waals surface area contributed by atoms with Crippen LogP contribution < -0.4 is 4.74 Å². The number of sulfonamides is 1. The van der Waals surface area contributed by atoms with Crippen molar-refractivity contribution in [3.63, 3.8) is 0 Å². The fourth-order valence-corrected chi connectivity index (χ4v) is 4.59. The molecule has 0 fully saturated rings. The molecule has 152 valence electrons. The van der Waals surface area contributed by atoms with E-state index in [-0.39, 0.29) is 0 Å². The normalized spacial score (nSPS) is 15.5. The Morgan fingerprint density at radius 2 is 2.03 bits per heavy atom. The second-order valence-electron chi connectivity index (χ2n) is 7.31. The zero-order chi connectivity index (χ0) is 20.6. The van der Waals surface area contributed by atoms with Crippen LogP contribution in [0.3, 0.4) is 0 Å². The summed E-state index contributed by atoms with van der Waals surface area (Å²) in [7, 11) is -3.16. The lowest BCUT2D eigenvalue weighted by Gasteiger charge is -2.23. The third-order valence-electron chi connectivity index (χ3n) is 5.32. The van der Waals surface area contributed by atoms with E-state index >= 15 is 0 Å². The number of fused-ring (bicyclic) bond motifs is 1. The summed E-state index contributed by atoms with van der Waals surface area (Å²) in [6, 6.07) is 10.3. The molecule has 0 saturated carbocycles. The van der Waals surface area contributed by atoms with Crippen LogP contribution >= 0.6 is 0 Å². The van der Waals surface area contributed by atoms with Gasteiger partial charge in [0.05, 0.1) is 12.9 Å². The van der Waals surface area contributed by atoms with Crippen molar-refractivity contribution in [1.29, 1.82) is 0 Å². The zero-order valence-corrected chi connectivity index (χ0v) is 17.7. The Labute approximate surface area is 171 Å². The van der Waals surface area contributed by atoms with Gasteiger partial charge in [-0.15, -0.1) is 0 Å². The van der Waals surface area contributed by atoms with Gasteiger partial charge < -0.3 is 9.72 Å². The minimum Gasteiger partial charge on any atom is -0.494 e. The Kier molecular flexibility index (Phi) is 5.19. The van der Waals surface area contributed by atoms with E-state index in [1.54, 1.807) is 0 Å². The smallest absolute Gasteiger partial charge is 0.211 e. The number of aromatic amines is 1. The largest absolute Gasteiger partial charge is 0.494 e. The van der Waals surface area contributed by atoms with Crippen LogP contribution in [0.4, 0.5) is 0 Å². The molecular weight excluding hydrogens is 386 g/mol. The van der Waals surface area contributed by atoms with Crippen LogP contribution in [0.25, 0.3) is 27.7 Å². The summed E-state index contributed by atoms with van der Waals surface area (Å²) in [5, 5.41) is 1.06. The first-order valence-electron chi connectivity index (χ1n) is 9.73. The summed E-state index contributed by atoms with van der Waals surface area (Å²) in [5.41, 5.74) is 6.36. The molecule has 0 amide bonds. The lowest BCUT2D eigenvalue weighted by molar-refractivity contribution is 0.340. The van der Waals surface area contributed by atoms with Gasteiger partial charge in [0.2, 0.25) is 10.0 Å². The first kappa shape index (κ1) is 19.7. The van der Waals surface area contributed by atoms with E-state index in [9.17, 15) is 8.42 Å². The summed E-state index contributed by atoms with van der Waals surface area (Å²) in [4.78, 5) is 7.91. The lowest BCUT2D eigenvalue weighted by Crippen LogP contribution is -2.33. The van der Waals surface area contributed by atoms with Crippen molar-refractivity contribution in [3.05, 3.63) is 53.9 Å². The molecule has 3 aromatic rings. The number of nitrogens with zero attached hydrogens (tertiary/aromatic N) is 2. The molecule has 0 atom stereocenters. The molecule has 1 aliphatic heterocycles. The minimum absolute atomic E-state index is 0.405. The van der Waals surface area contributed by atoms with Crippen LogP contribution in [0.15, 0.2) is 42.6 Å². The average Bonchev–Trinajstić information content (AvgIpc) is 3.12. The van der Waals surface area contributed by atoms with Crippen LogP contribution in [0.1, 0.15) is 24.6 Å². The van der Waals surface area contributed by atoms with Gasteiger partial charge in [0.25, 0.3) is 0 Å². The summed E-state index contributed by atoms with van der Waals surface area (Å²) < 4.78 is 30.6. The predicted molar refractivity (Wildman–Crippen MR) is 116 cm³/mol. The van der Waals surface area contributed by atoms with Gasteiger partial charge in [0.15, 0.2) is 0 Å². The molecule has 1 aromatic carbocycles. The topological polar surface area (TPSA) is 75.3 Å². The third-order valence-corrected chi connectivity index (χ3v) is 6.59. The van der Waals surface area contributed by atoms with Crippen molar-refractivity contribution in [2.45, 2.75) is 20.3 Å². The zero-order valence-electron chi connectivity index (χ0n) is 16.9. The number of hydrogen-bond donors (Lipinski definition) is 1. The minimum atomic E-state index is -3.16. The highest BCUT2D eigenvalue weighted by atomic mass is 32.2. The van der Waals surface area contributed by atoms with E-state index in [4.69, 9.17) is 4.74 Å². The second-order valence-corrected chi connectivity index (χ2v) is 9.30. The summed E-state index contributed by atoms with van der Waals surface area (Å²) in [5.74, 6) is 0.872. The fourth-order valence-electron chi connectivity index (χ4n) is 3.83. The molecule has 0 unspecified atom stereocenters. The van der Waals surface area contributed by atoms with E-state index in [0.29, 0.717) is 26.1 Å². The quantitative estimate of drug-likeness (QED) is 0.689. The Balaban J connectivity index is 1.71. The van der Waals surface area contributed by atoms with Crippen molar-refractivity contribution in [2.75, 3.05) is 26.0 Å². The molecule has 0 saturated heterocycles. The molecule has 1 N–H and O–H groups in total. The number of hydrogen-bond acceptors (Lipinski definition) is 4. The van der Waals surface area contributed by atoms with Crippen LogP contribution in [0.2, 0.25) is 0 Å². The fraction of sp³-hybridized carbons (Fsp3) is 0.318. The van der Waals surface area contributed by atoms with Crippen LogP contribution in [-0.4, -0.2) is 48.6 Å². The Morgan fingerprint density at radius 3 is 2.69 bits per heavy atom. The van der Waals surface area contributed by atoms with Crippen LogP contribution in [0, 0.1) is 6.92 Å². The molecular formula is C22H25N3O3S. The number of ether oxygens (including phenoxy) is 1. The number of rotatable bonds is 5. The predicted octanol–water partition coefficient (Wildman–Crippen LogP) is 3.99. The highest BCUT2D eigenvalue weighted by Crippen LogP contribution is 2.34. The van der Waals surface area contributed by atoms with Gasteiger partial charge in [-0.3, -0.25) is 0 Å². The van der Waals surface area contributed by atoms with Gasteiger partial charge >= 0.3 is 0 Å². The molecule has 0 aliphatic carbocycles. The number of nitrogens with one attached hydrogen (secondary N) is 1. The summed E-state index contributed by atoms with van der Waals surface area (Å²) >= 11 is 0. The van der Waals surface area contributed by atoms with Crippen molar-refractivity contribution in [1.82, 2.24) is 14.3 Å². The molecule has 29 heavy (non-hydrogen) atoms. The van der Waals surface area contributed by atoms with Crippen LogP contribution in [0.5, 0.6) is 5.75 Å². The van der Waals surface area contributed by atoms with Gasteiger partial charge in [0, 0.05) is 30.4 Å². The summed E-state index contributed by atoms with van der Waals surface area (Å²) in [6.07, 6.45) is 5.73. The molecule has 6 nitrogen and oxygen atoms in total. The van der Waals surface area contributed by atoms with Gasteiger partial charge in [-0.1, -0.05) is 12.1 Å². The second kappa shape index (κ2) is 7.65. The van der Waals surface area contributed by atoms with Crippen molar-refractivity contribution < 1.29 is 13.2 Å². The van der Waals surface area contributed by atoms with E-state index in [2.05, 4.69) is 35.1 Å². The third kappa shape index (κ3) is 3.93. The first-order valence-corrected chi connectivity index (χ1v) is 11.6. The maximum absolute atomic E-state index is 11.7. The number of pyridine rings is 1. The monoisotopic (exact) mass is 411 g/mol. The van der Waals surface area contributed by atoms with Gasteiger partial charge in [-0.05, 0) is 66.8 Å². The number of aromatic nitrogens is 2. The molecule has 2 aromatic heterocycles. The number of benzene rings is 1. The molecule has 0 bridgehead atoms. The van der Waals surface area contributed by atoms with E-state index < -0.39 is 10.0 Å². The number of aryl methyl sites for hydroxylation is 1. The van der Waals surface area contributed by atoms with E-state index in [0.717, 1.165) is 44.7 Å². The van der Waals surface area contributed by atoms with E-state index in [1.165, 1.54) is 10.6 Å². The Hall–Kier alpha value is -2.64. The highest BCUT2D eigenvalue weighted by Gasteiger charge is 2.21. The lowest BCUT2D eigenvalue weighted by atomic mass is 9.98. The Morgan fingerprint density at radius 1 is 1.21 bits per heavy atom. The standard InChI is InChI=1S/C22H25N3O3S/c1-4-28-17-5-6-18(15(2)13-17)19-7-10-23-22-20(19)14-21(24-22)16-8-11-25(12-9-16)29(3,26)27/h5-8,10,13-14H,4,9,11-12H2,1-3H3,(H,23,24). The van der Waals surface area contributed by atoms with Crippen LogP contribution in [-0.2, 0) is 10.0 Å². The van der Waals surface area contributed by atoms with Gasteiger partial charge in [-0.2, -0.15) is 4.31 Å². The van der Waals surface area contributed by atoms with E-state index in [1.807, 2.05) is 31.3 Å². The highest BCUT2D eigenvalue weighted by molar-refractivity contribution is 7.88. The van der Waals surface area contributed by atoms with Gasteiger partial charge in [-0.25, -0.2) is 13.4 Å². The molecule has 7 heteroatoms. The van der Waals surface area contributed by atoms with Crippen molar-refractivity contribution in [3.8, 4) is 16.9 Å². The molecule has 4 rings (SSSR count). The summed E-state index contributed by atoms with van der Waals surface area (Å²) in [6.45, 7) is 5.61. The first-order chi connectivity index (χ1) is 13.9. The SMILES string of the molecule is CCOc1ccc(-c2ccnc3[nH]c(C4=CCN(S(C)(=O)=O)CC4)cc23)c(C)c1. The van der Waals surface area contributed by atoms with Crippen molar-refractivity contribution in [2.24, 2.45) is 0 Å². The van der Waals surface area contributed by atoms with Gasteiger partial charge in [0.1, 0.15) is 11.4 Å². The Bertz CT molecular complexity index is 1200. The molecule has 3 heterocycles. The molecule has 0 radical (unpaired) electrons. The maximum Gasteiger partial charge on any atom is 0.211 e. The maximum atomic E-state index is 11.7. The number of H-pyrrole nitrogens is 1. The molecule has 0 spiro atoms. The average molecular weight is 412 g/mol. The van der Waals surface area contributed by atoms with Crippen molar-refractivity contribution >= 4 is 26.6 Å².